The predicted molar refractivity (Wildman–Crippen MR) is 38.0 cm³/mol. The zero-order chi connectivity index (χ0) is 11.7. The van der Waals surface area contributed by atoms with Crippen molar-refractivity contribution in [3.05, 3.63) is 0 Å². The molecule has 1 aliphatic rings. The van der Waals surface area contributed by atoms with Crippen LogP contribution in [0.25, 0.3) is 0 Å². The normalized spacial score (nSPS) is 30.4. The summed E-state index contributed by atoms with van der Waals surface area (Å²) in [5.41, 5.74) is 0. The Balaban J connectivity index is 2.71. The Kier molecular flexibility index (Phi) is 1.74. The third kappa shape index (κ3) is 2.13. The Morgan fingerprint density at radius 3 is 2.00 bits per heavy atom. The average molecular weight is 166 g/mol. The van der Waals surface area contributed by atoms with Gasteiger partial charge >= 0.3 is 0 Å². The van der Waals surface area contributed by atoms with Crippen molar-refractivity contribution in [3.8, 4) is 0 Å². The van der Waals surface area contributed by atoms with Crippen molar-refractivity contribution < 1.29 is 25.2 Å². The van der Waals surface area contributed by atoms with Crippen LogP contribution in [-0.4, -0.2) is 42.3 Å². The maximum atomic E-state index is 9.01. The summed E-state index contributed by atoms with van der Waals surface area (Å²) in [7, 11) is 0. The van der Waals surface area contributed by atoms with Gasteiger partial charge in [-0.15, -0.1) is 0 Å². The summed E-state index contributed by atoms with van der Waals surface area (Å²) in [6.07, 6.45) is -1.08. The third-order valence-corrected chi connectivity index (χ3v) is 1.51. The highest BCUT2D eigenvalue weighted by Gasteiger charge is 2.35. The topological polar surface area (TPSA) is 58.9 Å². The van der Waals surface area contributed by atoms with Crippen LogP contribution in [0.2, 0.25) is 0 Å². The lowest BCUT2D eigenvalue weighted by Gasteiger charge is -2.25. The minimum Gasteiger partial charge on any atom is -0.396 e. The van der Waals surface area contributed by atoms with Gasteiger partial charge in [-0.1, -0.05) is 0 Å². The van der Waals surface area contributed by atoms with E-state index in [9.17, 15) is 0 Å². The second kappa shape index (κ2) is 4.01. The van der Waals surface area contributed by atoms with Gasteiger partial charge in [-0.05, 0) is 0 Å². The maximum absolute atomic E-state index is 9.01. The first kappa shape index (κ1) is 4.77. The van der Waals surface area contributed by atoms with Crippen LogP contribution in [0, 0.1) is 0 Å². The second-order valence-corrected chi connectivity index (χ2v) is 2.28. The summed E-state index contributed by atoms with van der Waals surface area (Å²) in [4.78, 5) is 0. The molecule has 1 aliphatic heterocycles. The quantitative estimate of drug-likeness (QED) is 0.591. The fourth-order valence-electron chi connectivity index (χ4n) is 1.00. The molecule has 0 aliphatic carbocycles. The molecule has 0 aromatic heterocycles. The van der Waals surface area contributed by atoms with Gasteiger partial charge in [-0.3, -0.25) is 0 Å². The van der Waals surface area contributed by atoms with Crippen LogP contribution in [-0.2, 0) is 9.47 Å². The van der Waals surface area contributed by atoms with Crippen LogP contribution >= 0.6 is 0 Å². The zero-order valence-corrected chi connectivity index (χ0v) is 6.04. The van der Waals surface area contributed by atoms with Gasteiger partial charge in [-0.25, -0.2) is 0 Å². The van der Waals surface area contributed by atoms with Crippen molar-refractivity contribution in [3.63, 3.8) is 0 Å². The first-order valence-corrected chi connectivity index (χ1v) is 3.35. The lowest BCUT2D eigenvalue weighted by molar-refractivity contribution is -0.176. The van der Waals surface area contributed by atoms with Gasteiger partial charge in [0.25, 0.3) is 0 Å². The number of aliphatic hydroxyl groups is 2. The summed E-state index contributed by atoms with van der Waals surface area (Å²) in [6, 6.07) is 0. The minimum absolute atomic E-state index is 0.187. The Morgan fingerprint density at radius 1 is 1.18 bits per heavy atom. The monoisotopic (exact) mass is 166 g/mol. The minimum atomic E-state index is -2.53. The zero-order valence-electron chi connectivity index (χ0n) is 10.0. The fraction of sp³-hybridized carbons (Fsp3) is 1.00. The molecule has 1 saturated heterocycles. The Morgan fingerprint density at radius 2 is 1.64 bits per heavy atom. The smallest absolute Gasteiger partial charge is 0.172 e. The summed E-state index contributed by atoms with van der Waals surface area (Å²) in [5, 5.41) is 18.0. The summed E-state index contributed by atoms with van der Waals surface area (Å²) < 4.78 is 38.1. The Bertz CT molecular complexity index is 198. The molecule has 1 rings (SSSR count). The molecule has 0 aromatic carbocycles. The molecule has 11 heavy (non-hydrogen) atoms. The highest BCUT2D eigenvalue weighted by Crippen LogP contribution is 2.26. The maximum Gasteiger partial charge on any atom is 0.172 e. The molecular weight excluding hydrogens is 148 g/mol. The predicted octanol–water partition coefficient (Wildman–Crippen LogP) is -0.506. The Labute approximate surface area is 71.4 Å². The van der Waals surface area contributed by atoms with Crippen LogP contribution in [0.1, 0.15) is 18.3 Å². The highest BCUT2D eigenvalue weighted by atomic mass is 16.7. The van der Waals surface area contributed by atoms with Gasteiger partial charge in [0.2, 0.25) is 0 Å². The van der Waals surface area contributed by atoms with Gasteiger partial charge in [0.05, 0.1) is 18.7 Å². The molecule has 4 nitrogen and oxygen atoms in total. The standard InChI is InChI=1S/C7H14O4/c8-3-1-7(2-4-9)10-5-6-11-7/h8-9H,1-6H2/i3D2,4D2. The van der Waals surface area contributed by atoms with E-state index < -0.39 is 31.7 Å². The van der Waals surface area contributed by atoms with E-state index in [0.717, 1.165) is 0 Å². The van der Waals surface area contributed by atoms with E-state index in [2.05, 4.69) is 0 Å². The number of hydrogen-bond donors (Lipinski definition) is 2. The van der Waals surface area contributed by atoms with Crippen LogP contribution in [0.3, 0.4) is 0 Å². The van der Waals surface area contributed by atoms with Gasteiger partial charge in [0.15, 0.2) is 5.79 Å². The van der Waals surface area contributed by atoms with Gasteiger partial charge in [0, 0.05) is 26.0 Å². The van der Waals surface area contributed by atoms with E-state index in [1.54, 1.807) is 0 Å². The number of ether oxygens (including phenoxy) is 2. The van der Waals surface area contributed by atoms with Crippen LogP contribution in [0.4, 0.5) is 0 Å². The van der Waals surface area contributed by atoms with Gasteiger partial charge in [0.1, 0.15) is 0 Å². The van der Waals surface area contributed by atoms with E-state index in [1.807, 2.05) is 0 Å². The average Bonchev–Trinajstić information content (AvgIpc) is 2.27. The highest BCUT2D eigenvalue weighted by molar-refractivity contribution is 4.73. The molecule has 0 bridgehead atoms. The van der Waals surface area contributed by atoms with E-state index >= 15 is 0 Å². The van der Waals surface area contributed by atoms with Crippen LogP contribution < -0.4 is 0 Å². The fourth-order valence-corrected chi connectivity index (χ4v) is 1.00. The van der Waals surface area contributed by atoms with Crippen LogP contribution in [0.15, 0.2) is 0 Å². The van der Waals surface area contributed by atoms with Crippen molar-refractivity contribution in [1.29, 1.82) is 0 Å². The molecule has 0 radical (unpaired) electrons. The van der Waals surface area contributed by atoms with Gasteiger partial charge < -0.3 is 19.7 Å². The molecular formula is C7H14O4. The van der Waals surface area contributed by atoms with E-state index in [0.29, 0.717) is 0 Å². The molecule has 2 N–H and O–H groups in total. The van der Waals surface area contributed by atoms with Crippen molar-refractivity contribution >= 4 is 0 Å². The van der Waals surface area contributed by atoms with E-state index in [1.165, 1.54) is 0 Å². The molecule has 0 amide bonds. The molecule has 0 aromatic rings. The molecule has 1 heterocycles. The Hall–Kier alpha value is -0.160. The largest absolute Gasteiger partial charge is 0.396 e. The van der Waals surface area contributed by atoms with E-state index in [-0.39, 0.29) is 13.2 Å². The molecule has 66 valence electrons. The van der Waals surface area contributed by atoms with Crippen molar-refractivity contribution in [2.45, 2.75) is 18.6 Å². The summed E-state index contributed by atoms with van der Waals surface area (Å²) in [6.45, 7) is -4.69. The summed E-state index contributed by atoms with van der Waals surface area (Å²) >= 11 is 0. The number of hydrogen-bond acceptors (Lipinski definition) is 4. The van der Waals surface area contributed by atoms with Gasteiger partial charge in [-0.2, -0.15) is 0 Å². The SMILES string of the molecule is [2H]C([2H])(O)CC1(CC([2H])([2H])O)OCCO1. The first-order chi connectivity index (χ1) is 6.62. The molecule has 0 atom stereocenters. The first-order valence-electron chi connectivity index (χ1n) is 5.35. The molecule has 4 heteroatoms. The summed E-state index contributed by atoms with van der Waals surface area (Å²) in [5.74, 6) is -1.59. The molecule has 0 unspecified atom stereocenters. The molecule has 1 fully saturated rings. The second-order valence-electron chi connectivity index (χ2n) is 2.28. The third-order valence-electron chi connectivity index (χ3n) is 1.51. The molecule has 0 spiro atoms. The molecule has 0 saturated carbocycles. The lowest BCUT2D eigenvalue weighted by Crippen LogP contribution is -2.32. The van der Waals surface area contributed by atoms with Crippen molar-refractivity contribution in [1.82, 2.24) is 0 Å². The van der Waals surface area contributed by atoms with Crippen LogP contribution in [0.5, 0.6) is 0 Å². The van der Waals surface area contributed by atoms with Crippen molar-refractivity contribution in [2.75, 3.05) is 26.3 Å². The number of rotatable bonds is 4. The lowest BCUT2D eigenvalue weighted by atomic mass is 10.1. The van der Waals surface area contributed by atoms with E-state index in [4.69, 9.17) is 25.2 Å². The van der Waals surface area contributed by atoms with Crippen molar-refractivity contribution in [2.24, 2.45) is 0 Å².